The maximum atomic E-state index is 12.1. The second-order valence-corrected chi connectivity index (χ2v) is 8.05. The van der Waals surface area contributed by atoms with E-state index in [9.17, 15) is 4.79 Å². The molecule has 1 fully saturated rings. The number of rotatable bonds is 6. The Morgan fingerprint density at radius 2 is 1.66 bits per heavy atom. The van der Waals surface area contributed by atoms with E-state index in [1.165, 1.54) is 36.7 Å². The molecule has 2 heterocycles. The fraction of sp³-hybridized carbons (Fsp3) is 0.261. The third kappa shape index (κ3) is 5.35. The van der Waals surface area contributed by atoms with Crippen molar-refractivity contribution in [2.75, 3.05) is 29.1 Å². The lowest BCUT2D eigenvalue weighted by Crippen LogP contribution is -2.29. The van der Waals surface area contributed by atoms with Crippen LogP contribution >= 0.6 is 11.8 Å². The first-order valence-corrected chi connectivity index (χ1v) is 10.9. The highest BCUT2D eigenvalue weighted by Gasteiger charge is 2.11. The molecular weight excluding hydrogens is 380 g/mol. The van der Waals surface area contributed by atoms with Crippen LogP contribution in [0.25, 0.3) is 11.3 Å². The van der Waals surface area contributed by atoms with E-state index in [4.69, 9.17) is 0 Å². The van der Waals surface area contributed by atoms with E-state index in [0.29, 0.717) is 5.75 Å². The number of piperidine rings is 1. The number of nitrogens with zero attached hydrogens (tertiary/aromatic N) is 3. The predicted molar refractivity (Wildman–Crippen MR) is 119 cm³/mol. The van der Waals surface area contributed by atoms with Crippen molar-refractivity contribution in [1.29, 1.82) is 0 Å². The van der Waals surface area contributed by atoms with E-state index in [0.717, 1.165) is 35.1 Å². The van der Waals surface area contributed by atoms with Gasteiger partial charge in [0.2, 0.25) is 5.91 Å². The van der Waals surface area contributed by atoms with Crippen molar-refractivity contribution in [3.8, 4) is 11.3 Å². The molecular formula is C23H24N4OS. The van der Waals surface area contributed by atoms with Crippen molar-refractivity contribution < 1.29 is 4.79 Å². The van der Waals surface area contributed by atoms with Crippen LogP contribution in [-0.2, 0) is 4.79 Å². The van der Waals surface area contributed by atoms with Gasteiger partial charge in [-0.3, -0.25) is 4.79 Å². The molecule has 4 rings (SSSR count). The lowest BCUT2D eigenvalue weighted by Gasteiger charge is -2.28. The summed E-state index contributed by atoms with van der Waals surface area (Å²) in [5.74, 6) is 0.244. The third-order valence-electron chi connectivity index (χ3n) is 4.93. The Morgan fingerprint density at radius 3 is 2.34 bits per heavy atom. The molecule has 6 heteroatoms. The van der Waals surface area contributed by atoms with E-state index >= 15 is 0 Å². The van der Waals surface area contributed by atoms with Gasteiger partial charge in [-0.2, -0.15) is 0 Å². The number of nitrogens with one attached hydrogen (secondary N) is 1. The molecule has 1 saturated heterocycles. The van der Waals surface area contributed by atoms with Gasteiger partial charge in [0.1, 0.15) is 5.03 Å². The van der Waals surface area contributed by atoms with Crippen molar-refractivity contribution in [3.63, 3.8) is 0 Å². The minimum absolute atomic E-state index is 0.0552. The minimum atomic E-state index is -0.0552. The van der Waals surface area contributed by atoms with Crippen molar-refractivity contribution in [2.24, 2.45) is 0 Å². The van der Waals surface area contributed by atoms with E-state index in [1.54, 1.807) is 0 Å². The van der Waals surface area contributed by atoms with Gasteiger partial charge >= 0.3 is 0 Å². The second kappa shape index (κ2) is 9.56. The van der Waals surface area contributed by atoms with Gasteiger partial charge in [0, 0.05) is 30.0 Å². The summed E-state index contributed by atoms with van der Waals surface area (Å²) >= 11 is 1.38. The number of aromatic nitrogens is 2. The van der Waals surface area contributed by atoms with Crippen molar-refractivity contribution in [1.82, 2.24) is 10.2 Å². The van der Waals surface area contributed by atoms with Crippen LogP contribution in [0.1, 0.15) is 19.3 Å². The summed E-state index contributed by atoms with van der Waals surface area (Å²) in [7, 11) is 0. The molecule has 0 spiro atoms. The van der Waals surface area contributed by atoms with Crippen molar-refractivity contribution >= 4 is 29.0 Å². The molecule has 1 aliphatic rings. The molecule has 2 aromatic carbocycles. The maximum Gasteiger partial charge on any atom is 0.234 e. The highest BCUT2D eigenvalue weighted by atomic mass is 32.2. The Hall–Kier alpha value is -2.86. The second-order valence-electron chi connectivity index (χ2n) is 7.05. The summed E-state index contributed by atoms with van der Waals surface area (Å²) in [6, 6.07) is 21.9. The number of anilines is 2. The number of hydrogen-bond acceptors (Lipinski definition) is 5. The van der Waals surface area contributed by atoms with Crippen LogP contribution in [0.2, 0.25) is 0 Å². The fourth-order valence-corrected chi connectivity index (χ4v) is 4.02. The SMILES string of the molecule is O=C(CSc1ccc(-c2ccc(N3CCCCC3)cc2)nn1)Nc1ccccc1. The fourth-order valence-electron chi connectivity index (χ4n) is 3.40. The number of carbonyl (C=O) groups is 1. The molecule has 3 aromatic rings. The van der Waals surface area contributed by atoms with Crippen LogP contribution in [-0.4, -0.2) is 34.9 Å². The monoisotopic (exact) mass is 404 g/mol. The molecule has 0 saturated carbocycles. The standard InChI is InChI=1S/C23H24N4OS/c28-22(24-19-7-3-1-4-8-19)17-29-23-14-13-21(25-26-23)18-9-11-20(12-10-18)27-15-5-2-6-16-27/h1,3-4,7-14H,2,5-6,15-17H2,(H,24,28). The Bertz CT molecular complexity index is 923. The van der Waals surface area contributed by atoms with Crippen LogP contribution in [0.4, 0.5) is 11.4 Å². The Kier molecular flexibility index (Phi) is 6.42. The zero-order chi connectivity index (χ0) is 19.9. The van der Waals surface area contributed by atoms with Gasteiger partial charge in [-0.15, -0.1) is 10.2 Å². The molecule has 0 bridgehead atoms. The number of carbonyl (C=O) groups excluding carboxylic acids is 1. The van der Waals surface area contributed by atoms with Gasteiger partial charge in [0.15, 0.2) is 0 Å². The number of thioether (sulfide) groups is 1. The summed E-state index contributed by atoms with van der Waals surface area (Å²) in [6.45, 7) is 2.28. The van der Waals surface area contributed by atoms with Crippen LogP contribution in [0, 0.1) is 0 Å². The summed E-state index contributed by atoms with van der Waals surface area (Å²) in [6.07, 6.45) is 3.88. The summed E-state index contributed by atoms with van der Waals surface area (Å²) in [5.41, 5.74) is 3.97. The first-order chi connectivity index (χ1) is 14.3. The first kappa shape index (κ1) is 19.5. The Labute approximate surface area is 175 Å². The Morgan fingerprint density at radius 1 is 0.897 bits per heavy atom. The molecule has 0 unspecified atom stereocenters. The molecule has 1 N–H and O–H groups in total. The summed E-state index contributed by atoms with van der Waals surface area (Å²) in [5, 5.41) is 12.2. The molecule has 1 aromatic heterocycles. The number of amides is 1. The van der Waals surface area contributed by atoms with Crippen LogP contribution in [0.5, 0.6) is 0 Å². The quantitative estimate of drug-likeness (QED) is 0.594. The van der Waals surface area contributed by atoms with Crippen molar-refractivity contribution in [2.45, 2.75) is 24.3 Å². The van der Waals surface area contributed by atoms with Gasteiger partial charge in [-0.1, -0.05) is 42.1 Å². The number of para-hydroxylation sites is 1. The van der Waals surface area contributed by atoms with E-state index in [-0.39, 0.29) is 5.91 Å². The van der Waals surface area contributed by atoms with Gasteiger partial charge < -0.3 is 10.2 Å². The average Bonchev–Trinajstić information content (AvgIpc) is 2.79. The Balaban J connectivity index is 1.32. The van der Waals surface area contributed by atoms with Crippen LogP contribution in [0.15, 0.2) is 71.8 Å². The van der Waals surface area contributed by atoms with E-state index < -0.39 is 0 Å². The van der Waals surface area contributed by atoms with Gasteiger partial charge in [-0.05, 0) is 55.7 Å². The summed E-state index contributed by atoms with van der Waals surface area (Å²) in [4.78, 5) is 14.5. The highest BCUT2D eigenvalue weighted by Crippen LogP contribution is 2.25. The smallest absolute Gasteiger partial charge is 0.234 e. The molecule has 1 aliphatic heterocycles. The van der Waals surface area contributed by atoms with Gasteiger partial charge in [0.25, 0.3) is 0 Å². The molecule has 0 aliphatic carbocycles. The van der Waals surface area contributed by atoms with Crippen LogP contribution < -0.4 is 10.2 Å². The van der Waals surface area contributed by atoms with E-state index in [1.807, 2.05) is 42.5 Å². The zero-order valence-electron chi connectivity index (χ0n) is 16.3. The molecule has 1 amide bonds. The van der Waals surface area contributed by atoms with Gasteiger partial charge in [-0.25, -0.2) is 0 Å². The molecule has 0 radical (unpaired) electrons. The molecule has 0 atom stereocenters. The minimum Gasteiger partial charge on any atom is -0.372 e. The third-order valence-corrected chi connectivity index (χ3v) is 5.85. The maximum absolute atomic E-state index is 12.1. The zero-order valence-corrected chi connectivity index (χ0v) is 17.1. The predicted octanol–water partition coefficient (Wildman–Crippen LogP) is 4.86. The highest BCUT2D eigenvalue weighted by molar-refractivity contribution is 7.99. The topological polar surface area (TPSA) is 58.1 Å². The lowest BCUT2D eigenvalue weighted by molar-refractivity contribution is -0.113. The van der Waals surface area contributed by atoms with Gasteiger partial charge in [0.05, 0.1) is 11.4 Å². The molecule has 29 heavy (non-hydrogen) atoms. The van der Waals surface area contributed by atoms with Crippen LogP contribution in [0.3, 0.4) is 0 Å². The number of hydrogen-bond donors (Lipinski definition) is 1. The molecule has 148 valence electrons. The largest absolute Gasteiger partial charge is 0.372 e. The lowest BCUT2D eigenvalue weighted by atomic mass is 10.1. The summed E-state index contributed by atoms with van der Waals surface area (Å²) < 4.78 is 0. The molecule has 5 nitrogen and oxygen atoms in total. The normalized spacial score (nSPS) is 13.9. The number of benzene rings is 2. The van der Waals surface area contributed by atoms with Crippen molar-refractivity contribution in [3.05, 3.63) is 66.7 Å². The van der Waals surface area contributed by atoms with E-state index in [2.05, 4.69) is 44.7 Å². The average molecular weight is 405 g/mol. The first-order valence-electron chi connectivity index (χ1n) is 9.95.